The van der Waals surface area contributed by atoms with Crippen molar-refractivity contribution < 1.29 is 9.90 Å². The summed E-state index contributed by atoms with van der Waals surface area (Å²) >= 11 is 0. The second kappa shape index (κ2) is 4.88. The second-order valence-corrected chi connectivity index (χ2v) is 3.56. The van der Waals surface area contributed by atoms with Crippen LogP contribution in [0.5, 0.6) is 0 Å². The molecule has 0 aliphatic carbocycles. The van der Waals surface area contributed by atoms with Gasteiger partial charge in [-0.25, -0.2) is 4.98 Å². The molecule has 0 unspecified atom stereocenters. The van der Waals surface area contributed by atoms with Gasteiger partial charge < -0.3 is 10.0 Å². The van der Waals surface area contributed by atoms with Crippen LogP contribution in [-0.2, 0) is 0 Å². The third kappa shape index (κ3) is 2.76. The number of aryl methyl sites for hydroxylation is 1. The van der Waals surface area contributed by atoms with Crippen LogP contribution < -0.4 is 0 Å². The molecule has 0 bridgehead atoms. The number of rotatable bonds is 4. The summed E-state index contributed by atoms with van der Waals surface area (Å²) in [7, 11) is 0. The van der Waals surface area contributed by atoms with E-state index in [1.165, 1.54) is 4.90 Å². The molecule has 2 N–H and O–H groups in total. The van der Waals surface area contributed by atoms with Gasteiger partial charge >= 0.3 is 0 Å². The maximum Gasteiger partial charge on any atom is 0.293 e. The van der Waals surface area contributed by atoms with Gasteiger partial charge in [-0.05, 0) is 20.8 Å². The van der Waals surface area contributed by atoms with Gasteiger partial charge in [-0.2, -0.15) is 0 Å². The summed E-state index contributed by atoms with van der Waals surface area (Å²) in [6.07, 6.45) is 0. The average Bonchev–Trinajstić information content (AvgIpc) is 2.59. The number of aromatic amines is 1. The molecule has 1 aromatic heterocycles. The highest BCUT2D eigenvalue weighted by atomic mass is 16.3. The summed E-state index contributed by atoms with van der Waals surface area (Å²) in [4.78, 5) is 17.3. The van der Waals surface area contributed by atoms with Crippen LogP contribution in [0.4, 0.5) is 0 Å². The highest BCUT2D eigenvalue weighted by molar-refractivity contribution is 5.90. The zero-order valence-electron chi connectivity index (χ0n) is 9.19. The Morgan fingerprint density at radius 2 is 2.27 bits per heavy atom. The summed E-state index contributed by atoms with van der Waals surface area (Å²) < 4.78 is 0. The summed E-state index contributed by atoms with van der Waals surface area (Å²) in [5.74, 6) is 0.490. The third-order valence-corrected chi connectivity index (χ3v) is 2.01. The number of carbonyl (C=O) groups excluding carboxylic acids is 1. The van der Waals surface area contributed by atoms with Gasteiger partial charge in [-0.3, -0.25) is 9.89 Å². The Balaban J connectivity index is 2.80. The predicted molar refractivity (Wildman–Crippen MR) is 54.4 cm³/mol. The molecule has 1 aromatic rings. The average molecular weight is 212 g/mol. The molecule has 0 fully saturated rings. The number of nitrogens with one attached hydrogen (secondary N) is 1. The van der Waals surface area contributed by atoms with Gasteiger partial charge in [0.25, 0.3) is 5.91 Å². The number of aromatic nitrogens is 3. The first-order chi connectivity index (χ1) is 7.06. The first-order valence-electron chi connectivity index (χ1n) is 4.87. The molecule has 84 valence electrons. The standard InChI is InChI=1S/C9H16N4O2/c1-6(2)13(4-5-14)9(15)8-10-7(3)11-12-8/h6,14H,4-5H2,1-3H3,(H,10,11,12). The molecule has 0 aliphatic rings. The molecule has 0 saturated carbocycles. The van der Waals surface area contributed by atoms with E-state index in [0.29, 0.717) is 12.4 Å². The molecule has 6 heteroatoms. The molecule has 0 atom stereocenters. The molecular weight excluding hydrogens is 196 g/mol. The Morgan fingerprint density at radius 1 is 1.60 bits per heavy atom. The molecule has 0 saturated heterocycles. The summed E-state index contributed by atoms with van der Waals surface area (Å²) in [5, 5.41) is 15.3. The van der Waals surface area contributed by atoms with Crippen molar-refractivity contribution in [3.05, 3.63) is 11.6 Å². The molecule has 1 amide bonds. The first-order valence-corrected chi connectivity index (χ1v) is 4.87. The molecule has 0 spiro atoms. The summed E-state index contributed by atoms with van der Waals surface area (Å²) in [6.45, 7) is 5.73. The van der Waals surface area contributed by atoms with E-state index in [9.17, 15) is 4.79 Å². The number of aliphatic hydroxyl groups excluding tert-OH is 1. The number of hydrogen-bond donors (Lipinski definition) is 2. The van der Waals surface area contributed by atoms with E-state index in [0.717, 1.165) is 0 Å². The zero-order chi connectivity index (χ0) is 11.4. The fourth-order valence-corrected chi connectivity index (χ4v) is 1.27. The monoisotopic (exact) mass is 212 g/mol. The van der Waals surface area contributed by atoms with Gasteiger partial charge in [0.1, 0.15) is 5.82 Å². The number of hydrogen-bond acceptors (Lipinski definition) is 4. The number of H-pyrrole nitrogens is 1. The SMILES string of the molecule is Cc1nc(C(=O)N(CCO)C(C)C)n[nH]1. The first kappa shape index (κ1) is 11.6. The minimum Gasteiger partial charge on any atom is -0.395 e. The van der Waals surface area contributed by atoms with Gasteiger partial charge in [0.15, 0.2) is 0 Å². The van der Waals surface area contributed by atoms with E-state index in [1.54, 1.807) is 6.92 Å². The van der Waals surface area contributed by atoms with Crippen molar-refractivity contribution >= 4 is 5.91 Å². The van der Waals surface area contributed by atoms with Gasteiger partial charge in [-0.1, -0.05) is 0 Å². The van der Waals surface area contributed by atoms with Gasteiger partial charge in [0, 0.05) is 12.6 Å². The number of amides is 1. The quantitative estimate of drug-likeness (QED) is 0.733. The van der Waals surface area contributed by atoms with E-state index in [-0.39, 0.29) is 24.4 Å². The van der Waals surface area contributed by atoms with Crippen LogP contribution in [0.1, 0.15) is 30.3 Å². The van der Waals surface area contributed by atoms with E-state index >= 15 is 0 Å². The molecule has 0 aromatic carbocycles. The molecule has 0 aliphatic heterocycles. The van der Waals surface area contributed by atoms with Crippen molar-refractivity contribution in [2.45, 2.75) is 26.8 Å². The minimum absolute atomic E-state index is 0.0171. The topological polar surface area (TPSA) is 82.1 Å². The third-order valence-electron chi connectivity index (χ3n) is 2.01. The van der Waals surface area contributed by atoms with Crippen LogP contribution in [0.2, 0.25) is 0 Å². The van der Waals surface area contributed by atoms with E-state index < -0.39 is 0 Å². The summed E-state index contributed by atoms with van der Waals surface area (Å²) in [6, 6.07) is 0.0171. The molecule has 6 nitrogen and oxygen atoms in total. The highest BCUT2D eigenvalue weighted by Gasteiger charge is 2.21. The number of nitrogens with zero attached hydrogens (tertiary/aromatic N) is 3. The molecule has 1 heterocycles. The Bertz CT molecular complexity index is 335. The Hall–Kier alpha value is -1.43. The van der Waals surface area contributed by atoms with Crippen molar-refractivity contribution in [2.75, 3.05) is 13.2 Å². The Morgan fingerprint density at radius 3 is 2.67 bits per heavy atom. The van der Waals surface area contributed by atoms with Gasteiger partial charge in [0.05, 0.1) is 6.61 Å². The van der Waals surface area contributed by atoms with E-state index in [4.69, 9.17) is 5.11 Å². The molecular formula is C9H16N4O2. The van der Waals surface area contributed by atoms with Crippen molar-refractivity contribution in [1.82, 2.24) is 20.1 Å². The van der Waals surface area contributed by atoms with E-state index in [1.807, 2.05) is 13.8 Å². The fraction of sp³-hybridized carbons (Fsp3) is 0.667. The lowest BCUT2D eigenvalue weighted by Gasteiger charge is -2.24. The zero-order valence-corrected chi connectivity index (χ0v) is 9.19. The Kier molecular flexibility index (Phi) is 3.79. The second-order valence-electron chi connectivity index (χ2n) is 3.56. The van der Waals surface area contributed by atoms with Crippen molar-refractivity contribution in [3.63, 3.8) is 0 Å². The van der Waals surface area contributed by atoms with E-state index in [2.05, 4.69) is 15.2 Å². The molecule has 1 rings (SSSR count). The van der Waals surface area contributed by atoms with Crippen molar-refractivity contribution in [1.29, 1.82) is 0 Å². The summed E-state index contributed by atoms with van der Waals surface area (Å²) in [5.41, 5.74) is 0. The lowest BCUT2D eigenvalue weighted by atomic mass is 10.3. The number of carbonyl (C=O) groups is 1. The van der Waals surface area contributed by atoms with Crippen LogP contribution in [0.25, 0.3) is 0 Å². The fourth-order valence-electron chi connectivity index (χ4n) is 1.27. The lowest BCUT2D eigenvalue weighted by Crippen LogP contribution is -2.39. The Labute approximate surface area is 88.3 Å². The van der Waals surface area contributed by atoms with Crippen molar-refractivity contribution in [3.8, 4) is 0 Å². The van der Waals surface area contributed by atoms with Crippen molar-refractivity contribution in [2.24, 2.45) is 0 Å². The van der Waals surface area contributed by atoms with Gasteiger partial charge in [0.2, 0.25) is 5.82 Å². The maximum absolute atomic E-state index is 11.9. The molecule has 0 radical (unpaired) electrons. The number of aliphatic hydroxyl groups is 1. The minimum atomic E-state index is -0.261. The van der Waals surface area contributed by atoms with Crippen LogP contribution in [-0.4, -0.2) is 50.3 Å². The highest BCUT2D eigenvalue weighted by Crippen LogP contribution is 2.04. The van der Waals surface area contributed by atoms with Crippen LogP contribution in [0.15, 0.2) is 0 Å². The van der Waals surface area contributed by atoms with Crippen LogP contribution in [0.3, 0.4) is 0 Å². The van der Waals surface area contributed by atoms with Gasteiger partial charge in [-0.15, -0.1) is 5.10 Å². The molecule has 15 heavy (non-hydrogen) atoms. The predicted octanol–water partition coefficient (Wildman–Crippen LogP) is -0.0440. The lowest BCUT2D eigenvalue weighted by molar-refractivity contribution is 0.0653. The van der Waals surface area contributed by atoms with Crippen LogP contribution in [0, 0.1) is 6.92 Å². The van der Waals surface area contributed by atoms with Crippen LogP contribution >= 0.6 is 0 Å². The largest absolute Gasteiger partial charge is 0.395 e. The normalized spacial score (nSPS) is 10.7. The maximum atomic E-state index is 11.9. The smallest absolute Gasteiger partial charge is 0.293 e.